The standard InChI is InChI=1S/C15H17N3O3S/c1-11-9-13(16-21-11)15(20)18-6-4-17(5-7-18)14(19)10-12-3-2-8-22-12/h2-3,8-9H,4-7,10H2,1H3. The average Bonchev–Trinajstić information content (AvgIpc) is 3.18. The molecule has 22 heavy (non-hydrogen) atoms. The number of amides is 2. The zero-order valence-electron chi connectivity index (χ0n) is 12.3. The van der Waals surface area contributed by atoms with E-state index in [1.807, 2.05) is 22.4 Å². The molecule has 0 atom stereocenters. The molecule has 0 saturated carbocycles. The Morgan fingerprint density at radius 2 is 2.00 bits per heavy atom. The number of hydrogen-bond donors (Lipinski definition) is 0. The maximum Gasteiger partial charge on any atom is 0.276 e. The first-order chi connectivity index (χ1) is 10.6. The second-order valence-corrected chi connectivity index (χ2v) is 6.28. The summed E-state index contributed by atoms with van der Waals surface area (Å²) in [6.45, 7) is 3.94. The summed E-state index contributed by atoms with van der Waals surface area (Å²) in [5.74, 6) is 0.599. The number of aromatic nitrogens is 1. The second-order valence-electron chi connectivity index (χ2n) is 5.25. The molecule has 2 aromatic heterocycles. The van der Waals surface area contributed by atoms with Crippen molar-refractivity contribution in [2.24, 2.45) is 0 Å². The maximum absolute atomic E-state index is 12.2. The number of aryl methyl sites for hydroxylation is 1. The predicted octanol–water partition coefficient (Wildman–Crippen LogP) is 1.57. The number of hydrogen-bond acceptors (Lipinski definition) is 5. The minimum Gasteiger partial charge on any atom is -0.361 e. The molecule has 0 radical (unpaired) electrons. The molecule has 0 aliphatic carbocycles. The van der Waals surface area contributed by atoms with Gasteiger partial charge in [0.2, 0.25) is 5.91 Å². The van der Waals surface area contributed by atoms with Crippen LogP contribution in [0.3, 0.4) is 0 Å². The number of carbonyl (C=O) groups is 2. The van der Waals surface area contributed by atoms with E-state index >= 15 is 0 Å². The van der Waals surface area contributed by atoms with Gasteiger partial charge in [0.25, 0.3) is 5.91 Å². The van der Waals surface area contributed by atoms with Crippen LogP contribution in [0, 0.1) is 6.92 Å². The highest BCUT2D eigenvalue weighted by Gasteiger charge is 2.26. The Balaban J connectivity index is 1.54. The van der Waals surface area contributed by atoms with Gasteiger partial charge in [-0.15, -0.1) is 11.3 Å². The monoisotopic (exact) mass is 319 g/mol. The third kappa shape index (κ3) is 3.19. The minimum absolute atomic E-state index is 0.117. The van der Waals surface area contributed by atoms with Gasteiger partial charge in [0.15, 0.2) is 5.69 Å². The van der Waals surface area contributed by atoms with Crippen LogP contribution in [-0.4, -0.2) is 52.9 Å². The van der Waals surface area contributed by atoms with E-state index in [1.165, 1.54) is 0 Å². The van der Waals surface area contributed by atoms with Gasteiger partial charge in [-0.1, -0.05) is 11.2 Å². The molecule has 116 valence electrons. The Bertz CT molecular complexity index is 657. The molecular weight excluding hydrogens is 302 g/mol. The molecule has 1 fully saturated rings. The van der Waals surface area contributed by atoms with Crippen molar-refractivity contribution in [3.8, 4) is 0 Å². The summed E-state index contributed by atoms with van der Waals surface area (Å²) in [5.41, 5.74) is 0.330. The summed E-state index contributed by atoms with van der Waals surface area (Å²) < 4.78 is 4.93. The number of thiophene rings is 1. The van der Waals surface area contributed by atoms with Crippen LogP contribution in [0.2, 0.25) is 0 Å². The minimum atomic E-state index is -0.137. The summed E-state index contributed by atoms with van der Waals surface area (Å²) in [4.78, 5) is 29.1. The van der Waals surface area contributed by atoms with E-state index in [4.69, 9.17) is 4.52 Å². The van der Waals surface area contributed by atoms with Crippen LogP contribution in [0.5, 0.6) is 0 Å². The quantitative estimate of drug-likeness (QED) is 0.861. The fourth-order valence-electron chi connectivity index (χ4n) is 2.46. The number of nitrogens with zero attached hydrogens (tertiary/aromatic N) is 3. The fourth-order valence-corrected chi connectivity index (χ4v) is 3.16. The van der Waals surface area contributed by atoms with E-state index in [2.05, 4.69) is 5.16 Å². The van der Waals surface area contributed by atoms with Gasteiger partial charge in [-0.3, -0.25) is 9.59 Å². The van der Waals surface area contributed by atoms with E-state index in [0.29, 0.717) is 44.1 Å². The molecule has 3 rings (SSSR count). The van der Waals surface area contributed by atoms with Gasteiger partial charge in [-0.25, -0.2) is 0 Å². The predicted molar refractivity (Wildman–Crippen MR) is 81.7 cm³/mol. The smallest absolute Gasteiger partial charge is 0.276 e. The molecule has 6 nitrogen and oxygen atoms in total. The second kappa shape index (κ2) is 6.31. The molecule has 0 N–H and O–H groups in total. The molecule has 0 bridgehead atoms. The van der Waals surface area contributed by atoms with Gasteiger partial charge in [0.1, 0.15) is 5.76 Å². The Morgan fingerprint density at radius 3 is 2.59 bits per heavy atom. The molecule has 0 spiro atoms. The van der Waals surface area contributed by atoms with E-state index in [1.54, 1.807) is 29.2 Å². The van der Waals surface area contributed by atoms with Crippen LogP contribution in [0.1, 0.15) is 21.1 Å². The Hall–Kier alpha value is -2.15. The van der Waals surface area contributed by atoms with Crippen LogP contribution in [0.15, 0.2) is 28.1 Å². The third-order valence-corrected chi connectivity index (χ3v) is 4.55. The lowest BCUT2D eigenvalue weighted by molar-refractivity contribution is -0.131. The highest BCUT2D eigenvalue weighted by atomic mass is 32.1. The normalized spacial score (nSPS) is 15.1. The van der Waals surface area contributed by atoms with Crippen LogP contribution in [0.4, 0.5) is 0 Å². The molecular formula is C15H17N3O3S. The molecule has 7 heteroatoms. The van der Waals surface area contributed by atoms with Gasteiger partial charge in [-0.2, -0.15) is 0 Å². The maximum atomic E-state index is 12.2. The van der Waals surface area contributed by atoms with Crippen molar-refractivity contribution < 1.29 is 14.1 Å². The highest BCUT2D eigenvalue weighted by molar-refractivity contribution is 7.10. The van der Waals surface area contributed by atoms with Crippen molar-refractivity contribution in [1.82, 2.24) is 15.0 Å². The first kappa shape index (κ1) is 14.8. The zero-order chi connectivity index (χ0) is 15.5. The first-order valence-electron chi connectivity index (χ1n) is 7.16. The lowest BCUT2D eigenvalue weighted by Crippen LogP contribution is -2.51. The average molecular weight is 319 g/mol. The lowest BCUT2D eigenvalue weighted by atomic mass is 10.2. The van der Waals surface area contributed by atoms with Crippen molar-refractivity contribution in [3.63, 3.8) is 0 Å². The first-order valence-corrected chi connectivity index (χ1v) is 8.04. The number of rotatable bonds is 3. The van der Waals surface area contributed by atoms with Gasteiger partial charge >= 0.3 is 0 Å². The topological polar surface area (TPSA) is 66.7 Å². The number of carbonyl (C=O) groups excluding carboxylic acids is 2. The zero-order valence-corrected chi connectivity index (χ0v) is 13.1. The summed E-state index contributed by atoms with van der Waals surface area (Å²) in [6.07, 6.45) is 0.439. The largest absolute Gasteiger partial charge is 0.361 e. The van der Waals surface area contributed by atoms with Crippen LogP contribution >= 0.6 is 11.3 Å². The molecule has 3 heterocycles. The molecule has 1 aliphatic rings. The van der Waals surface area contributed by atoms with E-state index in [9.17, 15) is 9.59 Å². The molecule has 1 aliphatic heterocycles. The van der Waals surface area contributed by atoms with Crippen molar-refractivity contribution in [3.05, 3.63) is 39.9 Å². The van der Waals surface area contributed by atoms with Crippen molar-refractivity contribution >= 4 is 23.2 Å². The summed E-state index contributed by atoms with van der Waals surface area (Å²) >= 11 is 1.59. The third-order valence-electron chi connectivity index (χ3n) is 3.67. The van der Waals surface area contributed by atoms with Crippen LogP contribution in [0.25, 0.3) is 0 Å². The molecule has 0 unspecified atom stereocenters. The Labute approximate surface area is 132 Å². The molecule has 0 aromatic carbocycles. The Morgan fingerprint density at radius 1 is 1.27 bits per heavy atom. The SMILES string of the molecule is Cc1cc(C(=O)N2CCN(C(=O)Cc3cccs3)CC2)no1. The van der Waals surface area contributed by atoms with Crippen molar-refractivity contribution in [1.29, 1.82) is 0 Å². The van der Waals surface area contributed by atoms with Gasteiger partial charge in [0, 0.05) is 37.1 Å². The van der Waals surface area contributed by atoms with Gasteiger partial charge in [-0.05, 0) is 18.4 Å². The molecule has 2 aromatic rings. The van der Waals surface area contributed by atoms with E-state index in [0.717, 1.165) is 4.88 Å². The van der Waals surface area contributed by atoms with Crippen LogP contribution in [-0.2, 0) is 11.2 Å². The molecule has 2 amide bonds. The molecule has 1 saturated heterocycles. The van der Waals surface area contributed by atoms with Crippen molar-refractivity contribution in [2.75, 3.05) is 26.2 Å². The van der Waals surface area contributed by atoms with E-state index in [-0.39, 0.29) is 11.8 Å². The van der Waals surface area contributed by atoms with Gasteiger partial charge < -0.3 is 14.3 Å². The number of piperazine rings is 1. The summed E-state index contributed by atoms with van der Waals surface area (Å²) in [7, 11) is 0. The summed E-state index contributed by atoms with van der Waals surface area (Å²) in [6, 6.07) is 5.55. The highest BCUT2D eigenvalue weighted by Crippen LogP contribution is 2.13. The fraction of sp³-hybridized carbons (Fsp3) is 0.400. The van der Waals surface area contributed by atoms with Gasteiger partial charge in [0.05, 0.1) is 6.42 Å². The Kier molecular flexibility index (Phi) is 4.24. The lowest BCUT2D eigenvalue weighted by Gasteiger charge is -2.34. The summed E-state index contributed by atoms with van der Waals surface area (Å²) in [5, 5.41) is 5.72. The van der Waals surface area contributed by atoms with Crippen LogP contribution < -0.4 is 0 Å². The van der Waals surface area contributed by atoms with E-state index < -0.39 is 0 Å². The van der Waals surface area contributed by atoms with Crippen molar-refractivity contribution in [2.45, 2.75) is 13.3 Å².